The minimum absolute atomic E-state index is 0.217. The molecule has 3 aliphatic heterocycles. The number of nitrogens with zero attached hydrogens (tertiary/aromatic N) is 2. The molecule has 0 atom stereocenters. The van der Waals surface area contributed by atoms with E-state index < -0.39 is 10.0 Å². The first-order chi connectivity index (χ1) is 16.0. The molecular formula is C25H31N3O4S. The first-order valence-electron chi connectivity index (χ1n) is 12.1. The highest BCUT2D eigenvalue weighted by Gasteiger charge is 2.33. The quantitative estimate of drug-likeness (QED) is 0.685. The van der Waals surface area contributed by atoms with E-state index in [4.69, 9.17) is 4.74 Å². The van der Waals surface area contributed by atoms with Crippen molar-refractivity contribution in [2.24, 2.45) is 0 Å². The SMILES string of the molecule is O=C1Nc2ccccc2Oc2cc(N3CCCCCC3)c(S(=O)(=O)N3CCCCCC3)cc21. The fourth-order valence-electron chi connectivity index (χ4n) is 4.96. The van der Waals surface area contributed by atoms with Gasteiger partial charge in [0.2, 0.25) is 10.0 Å². The number of para-hydroxylation sites is 2. The summed E-state index contributed by atoms with van der Waals surface area (Å²) in [6, 6.07) is 10.6. The lowest BCUT2D eigenvalue weighted by Gasteiger charge is -2.29. The molecule has 0 aliphatic carbocycles. The lowest BCUT2D eigenvalue weighted by molar-refractivity contribution is 0.102. The van der Waals surface area contributed by atoms with Crippen LogP contribution >= 0.6 is 0 Å². The second-order valence-corrected chi connectivity index (χ2v) is 11.0. The maximum atomic E-state index is 13.9. The number of ether oxygens (including phenoxy) is 1. The number of carbonyl (C=O) groups is 1. The van der Waals surface area contributed by atoms with Gasteiger partial charge in [0.15, 0.2) is 5.75 Å². The average Bonchev–Trinajstić information content (AvgIpc) is 3.30. The first kappa shape index (κ1) is 22.2. The minimum Gasteiger partial charge on any atom is -0.454 e. The van der Waals surface area contributed by atoms with Crippen molar-refractivity contribution >= 4 is 27.3 Å². The summed E-state index contributed by atoms with van der Waals surface area (Å²) < 4.78 is 35.6. The van der Waals surface area contributed by atoms with Crippen molar-refractivity contribution in [1.29, 1.82) is 0 Å². The molecule has 3 aliphatic rings. The normalized spacial score (nSPS) is 19.9. The van der Waals surface area contributed by atoms with Crippen molar-refractivity contribution in [3.8, 4) is 11.5 Å². The Kier molecular flexibility index (Phi) is 6.29. The lowest BCUT2D eigenvalue weighted by Crippen LogP contribution is -2.34. The highest BCUT2D eigenvalue weighted by atomic mass is 32.2. The van der Waals surface area contributed by atoms with Crippen molar-refractivity contribution in [3.63, 3.8) is 0 Å². The molecule has 0 saturated carbocycles. The van der Waals surface area contributed by atoms with E-state index in [2.05, 4.69) is 10.2 Å². The number of hydrogen-bond donors (Lipinski definition) is 1. The van der Waals surface area contributed by atoms with Crippen molar-refractivity contribution in [2.75, 3.05) is 36.4 Å². The van der Waals surface area contributed by atoms with Crippen molar-refractivity contribution in [1.82, 2.24) is 4.31 Å². The van der Waals surface area contributed by atoms with Gasteiger partial charge in [-0.2, -0.15) is 4.31 Å². The van der Waals surface area contributed by atoms with Gasteiger partial charge in [-0.1, -0.05) is 37.8 Å². The molecule has 8 heteroatoms. The molecule has 2 fully saturated rings. The van der Waals surface area contributed by atoms with E-state index >= 15 is 0 Å². The van der Waals surface area contributed by atoms with Crippen LogP contribution in [0.4, 0.5) is 11.4 Å². The van der Waals surface area contributed by atoms with Gasteiger partial charge in [-0.25, -0.2) is 8.42 Å². The summed E-state index contributed by atoms with van der Waals surface area (Å²) in [4.78, 5) is 15.5. The Morgan fingerprint density at radius 2 is 1.42 bits per heavy atom. The summed E-state index contributed by atoms with van der Waals surface area (Å²) in [6.45, 7) is 2.63. The fraction of sp³-hybridized carbons (Fsp3) is 0.480. The first-order valence-corrected chi connectivity index (χ1v) is 13.5. The van der Waals surface area contributed by atoms with Crippen molar-refractivity contribution in [2.45, 2.75) is 56.3 Å². The van der Waals surface area contributed by atoms with E-state index in [9.17, 15) is 13.2 Å². The summed E-state index contributed by atoms with van der Waals surface area (Å²) in [5.74, 6) is 0.589. The lowest BCUT2D eigenvalue weighted by atomic mass is 10.1. The van der Waals surface area contributed by atoms with E-state index in [0.29, 0.717) is 36.0 Å². The molecular weight excluding hydrogens is 438 g/mol. The van der Waals surface area contributed by atoms with Crippen LogP contribution < -0.4 is 15.0 Å². The summed E-state index contributed by atoms with van der Waals surface area (Å²) in [7, 11) is -3.76. The Hall–Kier alpha value is -2.58. The molecule has 33 heavy (non-hydrogen) atoms. The number of anilines is 2. The number of hydrogen-bond acceptors (Lipinski definition) is 5. The zero-order valence-electron chi connectivity index (χ0n) is 18.9. The van der Waals surface area contributed by atoms with Crippen LogP contribution in [0, 0.1) is 0 Å². The summed E-state index contributed by atoms with van der Waals surface area (Å²) in [5, 5.41) is 2.87. The van der Waals surface area contributed by atoms with Crippen LogP contribution in [0.3, 0.4) is 0 Å². The van der Waals surface area contributed by atoms with E-state index in [1.54, 1.807) is 22.5 Å². The third kappa shape index (κ3) is 4.46. The molecule has 0 unspecified atom stereocenters. The molecule has 1 N–H and O–H groups in total. The van der Waals surface area contributed by atoms with Crippen molar-refractivity contribution < 1.29 is 17.9 Å². The Morgan fingerprint density at radius 1 is 0.788 bits per heavy atom. The van der Waals surface area contributed by atoms with Gasteiger partial charge in [0.25, 0.3) is 5.91 Å². The summed E-state index contributed by atoms with van der Waals surface area (Å²) in [6.07, 6.45) is 8.14. The Labute approximate surface area is 195 Å². The fourth-order valence-corrected chi connectivity index (χ4v) is 6.70. The number of fused-ring (bicyclic) bond motifs is 2. The number of benzene rings is 2. The highest BCUT2D eigenvalue weighted by molar-refractivity contribution is 7.89. The standard InChI is InChI=1S/C25H31N3O4S/c29-25-19-17-24(33(30,31)28-15-9-3-4-10-16-28)21(27-13-7-1-2-8-14-27)18-23(19)32-22-12-6-5-11-20(22)26-25/h5-6,11-12,17-18H,1-4,7-10,13-16H2,(H,26,29). The molecule has 0 radical (unpaired) electrons. The summed E-state index contributed by atoms with van der Waals surface area (Å²) in [5.41, 5.74) is 1.47. The number of nitrogens with one attached hydrogen (secondary N) is 1. The van der Waals surface area contributed by atoms with E-state index in [1.807, 2.05) is 12.1 Å². The average molecular weight is 470 g/mol. The van der Waals surface area contributed by atoms with Crippen LogP contribution in [-0.4, -0.2) is 44.8 Å². The molecule has 2 aromatic rings. The predicted molar refractivity (Wildman–Crippen MR) is 129 cm³/mol. The molecule has 5 rings (SSSR count). The number of sulfonamides is 1. The molecule has 176 valence electrons. The molecule has 7 nitrogen and oxygen atoms in total. The van der Waals surface area contributed by atoms with Gasteiger partial charge in [0.05, 0.1) is 16.9 Å². The zero-order chi connectivity index (χ0) is 22.8. The number of rotatable bonds is 3. The van der Waals surface area contributed by atoms with Crippen LogP contribution in [0.2, 0.25) is 0 Å². The zero-order valence-corrected chi connectivity index (χ0v) is 19.7. The van der Waals surface area contributed by atoms with Crippen molar-refractivity contribution in [3.05, 3.63) is 42.0 Å². The molecule has 0 aromatic heterocycles. The topological polar surface area (TPSA) is 79.0 Å². The molecule has 2 saturated heterocycles. The molecule has 1 amide bonds. The maximum Gasteiger partial charge on any atom is 0.259 e. The van der Waals surface area contributed by atoms with Crippen LogP contribution in [0.15, 0.2) is 41.3 Å². The van der Waals surface area contributed by atoms with E-state index in [1.165, 1.54) is 6.07 Å². The summed E-state index contributed by atoms with van der Waals surface area (Å²) >= 11 is 0. The highest BCUT2D eigenvalue weighted by Crippen LogP contribution is 2.41. The second kappa shape index (κ2) is 9.35. The predicted octanol–water partition coefficient (Wildman–Crippen LogP) is 4.99. The molecule has 3 heterocycles. The third-order valence-electron chi connectivity index (χ3n) is 6.79. The van der Waals surface area contributed by atoms with Crippen LogP contribution in [0.5, 0.6) is 11.5 Å². The van der Waals surface area contributed by atoms with Gasteiger partial charge in [0.1, 0.15) is 10.6 Å². The third-order valence-corrected chi connectivity index (χ3v) is 8.72. The number of carbonyl (C=O) groups excluding carboxylic acids is 1. The van der Waals surface area contributed by atoms with E-state index in [0.717, 1.165) is 64.5 Å². The monoisotopic (exact) mass is 469 g/mol. The van der Waals surface area contributed by atoms with Gasteiger partial charge in [-0.15, -0.1) is 0 Å². The Bertz CT molecular complexity index is 1130. The van der Waals surface area contributed by atoms with Gasteiger partial charge >= 0.3 is 0 Å². The van der Waals surface area contributed by atoms with Gasteiger partial charge in [-0.05, 0) is 43.9 Å². The molecule has 2 aromatic carbocycles. The largest absolute Gasteiger partial charge is 0.454 e. The molecule has 0 spiro atoms. The van der Waals surface area contributed by atoms with Gasteiger partial charge in [0, 0.05) is 32.2 Å². The van der Waals surface area contributed by atoms with Gasteiger partial charge in [-0.3, -0.25) is 4.79 Å². The second-order valence-electron chi connectivity index (χ2n) is 9.09. The van der Waals surface area contributed by atoms with Gasteiger partial charge < -0.3 is 15.0 Å². The Balaban J connectivity index is 1.64. The smallest absolute Gasteiger partial charge is 0.259 e. The number of amides is 1. The van der Waals surface area contributed by atoms with E-state index in [-0.39, 0.29) is 16.4 Å². The van der Waals surface area contributed by atoms with Crippen LogP contribution in [0.25, 0.3) is 0 Å². The van der Waals surface area contributed by atoms with Crippen LogP contribution in [-0.2, 0) is 10.0 Å². The van der Waals surface area contributed by atoms with Crippen LogP contribution in [0.1, 0.15) is 61.7 Å². The maximum absolute atomic E-state index is 13.9. The minimum atomic E-state index is -3.76. The Morgan fingerprint density at radius 3 is 2.12 bits per heavy atom. The molecule has 0 bridgehead atoms.